The topological polar surface area (TPSA) is 86.5 Å². The summed E-state index contributed by atoms with van der Waals surface area (Å²) in [7, 11) is 0. The SMILES string of the molecule is CC1(OCC(=O)O)CN(c2ccc(C#N)nc2)C1. The molecule has 1 aromatic rings. The number of carboxylic acid groups (broad SMARTS) is 1. The number of carboxylic acids is 1. The van der Waals surface area contributed by atoms with E-state index >= 15 is 0 Å². The molecule has 0 atom stereocenters. The molecule has 0 spiro atoms. The van der Waals surface area contributed by atoms with Gasteiger partial charge in [0.2, 0.25) is 0 Å². The molecular formula is C12H13N3O3. The highest BCUT2D eigenvalue weighted by Gasteiger charge is 2.40. The Kier molecular flexibility index (Phi) is 3.17. The van der Waals surface area contributed by atoms with Crippen molar-refractivity contribution in [2.24, 2.45) is 0 Å². The molecule has 0 radical (unpaired) electrons. The van der Waals surface area contributed by atoms with E-state index in [2.05, 4.69) is 4.98 Å². The quantitative estimate of drug-likeness (QED) is 0.839. The van der Waals surface area contributed by atoms with Gasteiger partial charge in [-0.1, -0.05) is 0 Å². The van der Waals surface area contributed by atoms with Gasteiger partial charge in [-0.25, -0.2) is 9.78 Å². The van der Waals surface area contributed by atoms with Gasteiger partial charge in [-0.15, -0.1) is 0 Å². The first kappa shape index (κ1) is 12.3. The molecule has 0 aromatic carbocycles. The molecule has 0 aliphatic carbocycles. The molecule has 2 rings (SSSR count). The lowest BCUT2D eigenvalue weighted by Crippen LogP contribution is -2.62. The fourth-order valence-electron chi connectivity index (χ4n) is 1.91. The molecule has 1 aromatic heterocycles. The first-order valence-electron chi connectivity index (χ1n) is 5.49. The normalized spacial score (nSPS) is 16.8. The van der Waals surface area contributed by atoms with Crippen molar-refractivity contribution in [3.8, 4) is 6.07 Å². The second-order valence-electron chi connectivity index (χ2n) is 4.50. The monoisotopic (exact) mass is 247 g/mol. The molecule has 94 valence electrons. The molecule has 0 bridgehead atoms. The van der Waals surface area contributed by atoms with Crippen molar-refractivity contribution in [2.75, 3.05) is 24.6 Å². The van der Waals surface area contributed by atoms with Gasteiger partial charge in [0.25, 0.3) is 0 Å². The molecule has 1 N–H and O–H groups in total. The van der Waals surface area contributed by atoms with Gasteiger partial charge in [0, 0.05) is 13.1 Å². The lowest BCUT2D eigenvalue weighted by molar-refractivity contribution is -0.150. The van der Waals surface area contributed by atoms with E-state index in [1.54, 1.807) is 12.3 Å². The van der Waals surface area contributed by atoms with Crippen LogP contribution in [0.3, 0.4) is 0 Å². The Bertz CT molecular complexity index is 486. The zero-order chi connectivity index (χ0) is 13.2. The van der Waals surface area contributed by atoms with Crippen LogP contribution in [-0.2, 0) is 9.53 Å². The van der Waals surface area contributed by atoms with Crippen LogP contribution in [-0.4, -0.2) is 41.4 Å². The lowest BCUT2D eigenvalue weighted by atomic mass is 9.96. The summed E-state index contributed by atoms with van der Waals surface area (Å²) >= 11 is 0. The Balaban J connectivity index is 1.91. The maximum atomic E-state index is 10.4. The fraction of sp³-hybridized carbons (Fsp3) is 0.417. The first-order chi connectivity index (χ1) is 8.52. The van der Waals surface area contributed by atoms with E-state index in [4.69, 9.17) is 15.1 Å². The van der Waals surface area contributed by atoms with Gasteiger partial charge < -0.3 is 14.7 Å². The van der Waals surface area contributed by atoms with Crippen LogP contribution < -0.4 is 4.90 Å². The minimum Gasteiger partial charge on any atom is -0.480 e. The van der Waals surface area contributed by atoms with Crippen LogP contribution in [0.1, 0.15) is 12.6 Å². The summed E-state index contributed by atoms with van der Waals surface area (Å²) in [5.41, 5.74) is 0.862. The number of nitrogens with zero attached hydrogens (tertiary/aromatic N) is 3. The number of hydrogen-bond acceptors (Lipinski definition) is 5. The van der Waals surface area contributed by atoms with Gasteiger partial charge in [0.05, 0.1) is 11.9 Å². The van der Waals surface area contributed by atoms with Crippen molar-refractivity contribution in [2.45, 2.75) is 12.5 Å². The van der Waals surface area contributed by atoms with E-state index in [1.807, 2.05) is 24.0 Å². The van der Waals surface area contributed by atoms with Crippen molar-refractivity contribution < 1.29 is 14.6 Å². The van der Waals surface area contributed by atoms with Gasteiger partial charge >= 0.3 is 5.97 Å². The second kappa shape index (κ2) is 4.63. The molecule has 0 amide bonds. The molecule has 2 heterocycles. The number of nitriles is 1. The minimum absolute atomic E-state index is 0.282. The lowest BCUT2D eigenvalue weighted by Gasteiger charge is -2.48. The minimum atomic E-state index is -0.963. The Hall–Kier alpha value is -2.13. The predicted molar refractivity (Wildman–Crippen MR) is 63.2 cm³/mol. The fourth-order valence-corrected chi connectivity index (χ4v) is 1.91. The van der Waals surface area contributed by atoms with Crippen LogP contribution in [0.2, 0.25) is 0 Å². The maximum Gasteiger partial charge on any atom is 0.329 e. The molecular weight excluding hydrogens is 234 g/mol. The third kappa shape index (κ3) is 2.57. The highest BCUT2D eigenvalue weighted by molar-refractivity contribution is 5.68. The van der Waals surface area contributed by atoms with Crippen molar-refractivity contribution in [1.82, 2.24) is 4.98 Å². The Morgan fingerprint density at radius 3 is 2.89 bits per heavy atom. The van der Waals surface area contributed by atoms with E-state index < -0.39 is 11.6 Å². The summed E-state index contributed by atoms with van der Waals surface area (Å²) < 4.78 is 5.31. The largest absolute Gasteiger partial charge is 0.480 e. The third-order valence-corrected chi connectivity index (χ3v) is 2.82. The number of aliphatic carboxylic acids is 1. The van der Waals surface area contributed by atoms with Crippen LogP contribution in [0.15, 0.2) is 18.3 Å². The molecule has 0 saturated carbocycles. The summed E-state index contributed by atoms with van der Waals surface area (Å²) in [6.45, 7) is 2.83. The highest BCUT2D eigenvalue weighted by atomic mass is 16.5. The first-order valence-corrected chi connectivity index (χ1v) is 5.49. The van der Waals surface area contributed by atoms with Crippen molar-refractivity contribution >= 4 is 11.7 Å². The highest BCUT2D eigenvalue weighted by Crippen LogP contribution is 2.29. The molecule has 1 aliphatic heterocycles. The van der Waals surface area contributed by atoms with Gasteiger partial charge in [-0.05, 0) is 19.1 Å². The standard InChI is InChI=1S/C12H13N3O3/c1-12(18-6-11(16)17)7-15(8-12)10-3-2-9(4-13)14-5-10/h2-3,5H,6-8H2,1H3,(H,16,17). The predicted octanol–water partition coefficient (Wildman–Crippen LogP) is 0.633. The van der Waals surface area contributed by atoms with Crippen LogP contribution >= 0.6 is 0 Å². The Labute approximate surface area is 104 Å². The third-order valence-electron chi connectivity index (χ3n) is 2.82. The van der Waals surface area contributed by atoms with E-state index in [0.29, 0.717) is 18.8 Å². The Morgan fingerprint density at radius 1 is 1.67 bits per heavy atom. The summed E-state index contributed by atoms with van der Waals surface area (Å²) in [4.78, 5) is 16.4. The Morgan fingerprint density at radius 2 is 2.39 bits per heavy atom. The van der Waals surface area contributed by atoms with Gasteiger partial charge in [0.15, 0.2) is 0 Å². The number of carbonyl (C=O) groups is 1. The second-order valence-corrected chi connectivity index (χ2v) is 4.50. The van der Waals surface area contributed by atoms with E-state index in [9.17, 15) is 4.79 Å². The van der Waals surface area contributed by atoms with Crippen molar-refractivity contribution in [3.63, 3.8) is 0 Å². The summed E-state index contributed by atoms with van der Waals surface area (Å²) in [6, 6.07) is 5.44. The maximum absolute atomic E-state index is 10.4. The zero-order valence-electron chi connectivity index (χ0n) is 9.96. The number of ether oxygens (including phenoxy) is 1. The number of pyridine rings is 1. The number of aromatic nitrogens is 1. The molecule has 6 nitrogen and oxygen atoms in total. The molecule has 1 fully saturated rings. The van der Waals surface area contributed by atoms with Crippen molar-refractivity contribution in [1.29, 1.82) is 5.26 Å². The molecule has 18 heavy (non-hydrogen) atoms. The summed E-state index contributed by atoms with van der Waals surface area (Å²) in [6.07, 6.45) is 1.63. The van der Waals surface area contributed by atoms with Crippen LogP contribution in [0.25, 0.3) is 0 Å². The van der Waals surface area contributed by atoms with Crippen molar-refractivity contribution in [3.05, 3.63) is 24.0 Å². The van der Waals surface area contributed by atoms with Crippen LogP contribution in [0.4, 0.5) is 5.69 Å². The smallest absolute Gasteiger partial charge is 0.329 e. The molecule has 6 heteroatoms. The van der Waals surface area contributed by atoms with Crippen LogP contribution in [0.5, 0.6) is 0 Å². The molecule has 1 saturated heterocycles. The van der Waals surface area contributed by atoms with Gasteiger partial charge in [-0.3, -0.25) is 0 Å². The van der Waals surface area contributed by atoms with E-state index in [-0.39, 0.29) is 6.61 Å². The van der Waals surface area contributed by atoms with Gasteiger partial charge in [0.1, 0.15) is 24.0 Å². The van der Waals surface area contributed by atoms with E-state index in [1.165, 1.54) is 0 Å². The number of rotatable bonds is 4. The number of hydrogen-bond donors (Lipinski definition) is 1. The average molecular weight is 247 g/mol. The summed E-state index contributed by atoms with van der Waals surface area (Å²) in [5.74, 6) is -0.963. The number of anilines is 1. The molecule has 0 unspecified atom stereocenters. The van der Waals surface area contributed by atoms with Gasteiger partial charge in [-0.2, -0.15) is 5.26 Å². The molecule has 1 aliphatic rings. The average Bonchev–Trinajstić information content (AvgIpc) is 2.33. The zero-order valence-corrected chi connectivity index (χ0v) is 9.96. The van der Waals surface area contributed by atoms with E-state index in [0.717, 1.165) is 5.69 Å². The summed E-state index contributed by atoms with van der Waals surface area (Å²) in [5, 5.41) is 17.2. The van der Waals surface area contributed by atoms with Crippen LogP contribution in [0, 0.1) is 11.3 Å².